The monoisotopic (exact) mass is 279 g/mol. The van der Waals surface area contributed by atoms with E-state index in [2.05, 4.69) is 5.32 Å². The third-order valence-electron chi connectivity index (χ3n) is 3.37. The molecule has 1 aromatic rings. The SMILES string of the molecule is Cc1cc(C2CCNCC2)ccc1C(F)(F)F.Cl. The molecule has 1 nitrogen and oxygen atoms in total. The molecular formula is C13H17ClF3N. The summed E-state index contributed by atoms with van der Waals surface area (Å²) in [5, 5.41) is 3.25. The van der Waals surface area contributed by atoms with Crippen LogP contribution in [0.25, 0.3) is 0 Å². The van der Waals surface area contributed by atoms with E-state index in [1.54, 1.807) is 12.1 Å². The van der Waals surface area contributed by atoms with Crippen LogP contribution in [0.3, 0.4) is 0 Å². The zero-order valence-corrected chi connectivity index (χ0v) is 11.0. The highest BCUT2D eigenvalue weighted by Crippen LogP contribution is 2.34. The maximum atomic E-state index is 12.6. The first kappa shape index (κ1) is 15.3. The van der Waals surface area contributed by atoms with Crippen LogP contribution in [0, 0.1) is 6.92 Å². The van der Waals surface area contributed by atoms with Crippen molar-refractivity contribution in [2.45, 2.75) is 31.9 Å². The van der Waals surface area contributed by atoms with Crippen molar-refractivity contribution in [3.63, 3.8) is 0 Å². The number of hydrogen-bond donors (Lipinski definition) is 1. The molecule has 1 aliphatic rings. The van der Waals surface area contributed by atoms with Gasteiger partial charge in [0.25, 0.3) is 0 Å². The minimum absolute atomic E-state index is 0. The Kier molecular flexibility index (Phi) is 5.05. The molecule has 1 heterocycles. The maximum absolute atomic E-state index is 12.6. The van der Waals surface area contributed by atoms with Crippen LogP contribution in [0.1, 0.15) is 35.4 Å². The zero-order valence-electron chi connectivity index (χ0n) is 10.2. The van der Waals surface area contributed by atoms with Gasteiger partial charge in [0.2, 0.25) is 0 Å². The quantitative estimate of drug-likeness (QED) is 0.822. The van der Waals surface area contributed by atoms with Crippen LogP contribution in [-0.4, -0.2) is 13.1 Å². The van der Waals surface area contributed by atoms with Crippen LogP contribution in [0.4, 0.5) is 13.2 Å². The molecule has 0 saturated carbocycles. The molecule has 5 heteroatoms. The predicted molar refractivity (Wildman–Crippen MR) is 68.3 cm³/mol. The lowest BCUT2D eigenvalue weighted by atomic mass is 9.88. The summed E-state index contributed by atoms with van der Waals surface area (Å²) in [5.41, 5.74) is 0.848. The molecular weight excluding hydrogens is 263 g/mol. The lowest BCUT2D eigenvalue weighted by Gasteiger charge is -2.24. The molecule has 1 aliphatic heterocycles. The Labute approximate surface area is 111 Å². The fourth-order valence-electron chi connectivity index (χ4n) is 2.41. The van der Waals surface area contributed by atoms with Gasteiger partial charge in [-0.15, -0.1) is 12.4 Å². The highest BCUT2D eigenvalue weighted by molar-refractivity contribution is 5.85. The summed E-state index contributed by atoms with van der Waals surface area (Å²) < 4.78 is 37.8. The van der Waals surface area contributed by atoms with Gasteiger partial charge in [-0.1, -0.05) is 12.1 Å². The first-order chi connectivity index (χ1) is 7.98. The minimum Gasteiger partial charge on any atom is -0.317 e. The van der Waals surface area contributed by atoms with Crippen molar-refractivity contribution in [2.24, 2.45) is 0 Å². The number of hydrogen-bond acceptors (Lipinski definition) is 1. The van der Waals surface area contributed by atoms with Crippen molar-refractivity contribution in [1.82, 2.24) is 5.32 Å². The molecule has 1 aromatic carbocycles. The average Bonchev–Trinajstić information content (AvgIpc) is 2.28. The molecule has 102 valence electrons. The fraction of sp³-hybridized carbons (Fsp3) is 0.538. The molecule has 0 unspecified atom stereocenters. The summed E-state index contributed by atoms with van der Waals surface area (Å²) in [6.07, 6.45) is -2.23. The summed E-state index contributed by atoms with van der Waals surface area (Å²) >= 11 is 0. The van der Waals surface area contributed by atoms with Crippen LogP contribution in [0.2, 0.25) is 0 Å². The summed E-state index contributed by atoms with van der Waals surface area (Å²) in [6.45, 7) is 3.43. The minimum atomic E-state index is -4.24. The fourth-order valence-corrected chi connectivity index (χ4v) is 2.41. The maximum Gasteiger partial charge on any atom is 0.416 e. The van der Waals surface area contributed by atoms with Gasteiger partial charge in [-0.2, -0.15) is 13.2 Å². The summed E-state index contributed by atoms with van der Waals surface area (Å²) in [7, 11) is 0. The number of aryl methyl sites for hydroxylation is 1. The number of piperidine rings is 1. The first-order valence-electron chi connectivity index (χ1n) is 5.87. The Hall–Kier alpha value is -0.740. The molecule has 0 spiro atoms. The average molecular weight is 280 g/mol. The van der Waals surface area contributed by atoms with Crippen molar-refractivity contribution in [2.75, 3.05) is 13.1 Å². The Bertz CT molecular complexity index is 398. The number of halogens is 4. The Balaban J connectivity index is 0.00000162. The molecule has 18 heavy (non-hydrogen) atoms. The predicted octanol–water partition coefficient (Wildman–Crippen LogP) is 3.90. The van der Waals surface area contributed by atoms with Gasteiger partial charge in [-0.05, 0) is 56.0 Å². The highest BCUT2D eigenvalue weighted by Gasteiger charge is 2.32. The van der Waals surface area contributed by atoms with Gasteiger partial charge in [-0.3, -0.25) is 0 Å². The number of nitrogens with one attached hydrogen (secondary N) is 1. The second-order valence-corrected chi connectivity index (χ2v) is 4.60. The van der Waals surface area contributed by atoms with Crippen LogP contribution in [-0.2, 0) is 6.18 Å². The smallest absolute Gasteiger partial charge is 0.317 e. The van der Waals surface area contributed by atoms with Crippen LogP contribution in [0.5, 0.6) is 0 Å². The second-order valence-electron chi connectivity index (χ2n) is 4.60. The zero-order chi connectivity index (χ0) is 12.5. The van der Waals surface area contributed by atoms with E-state index >= 15 is 0 Å². The van der Waals surface area contributed by atoms with E-state index in [0.29, 0.717) is 11.5 Å². The van der Waals surface area contributed by atoms with Gasteiger partial charge in [0.1, 0.15) is 0 Å². The first-order valence-corrected chi connectivity index (χ1v) is 5.87. The van der Waals surface area contributed by atoms with Crippen molar-refractivity contribution < 1.29 is 13.2 Å². The second kappa shape index (κ2) is 5.93. The number of rotatable bonds is 1. The van der Waals surface area contributed by atoms with Crippen LogP contribution >= 0.6 is 12.4 Å². The van der Waals surface area contributed by atoms with Crippen molar-refractivity contribution in [3.05, 3.63) is 34.9 Å². The molecule has 1 N–H and O–H groups in total. The third kappa shape index (κ3) is 3.39. The molecule has 0 aliphatic carbocycles. The summed E-state index contributed by atoms with van der Waals surface area (Å²) in [4.78, 5) is 0. The molecule has 2 rings (SSSR count). The van der Waals surface area contributed by atoms with E-state index < -0.39 is 11.7 Å². The van der Waals surface area contributed by atoms with Gasteiger partial charge in [0, 0.05) is 0 Å². The molecule has 0 radical (unpaired) electrons. The number of alkyl halides is 3. The Morgan fingerprint density at radius 3 is 2.28 bits per heavy atom. The lowest BCUT2D eigenvalue weighted by Crippen LogP contribution is -2.26. The summed E-state index contributed by atoms with van der Waals surface area (Å²) in [6, 6.07) is 4.54. The normalized spacial score (nSPS) is 17.3. The Morgan fingerprint density at radius 1 is 1.17 bits per heavy atom. The largest absolute Gasteiger partial charge is 0.416 e. The van der Waals surface area contributed by atoms with E-state index in [1.807, 2.05) is 0 Å². The van der Waals surface area contributed by atoms with E-state index in [0.717, 1.165) is 31.5 Å². The van der Waals surface area contributed by atoms with Crippen molar-refractivity contribution in [3.8, 4) is 0 Å². The van der Waals surface area contributed by atoms with Crippen molar-refractivity contribution in [1.29, 1.82) is 0 Å². The van der Waals surface area contributed by atoms with Crippen LogP contribution < -0.4 is 5.32 Å². The van der Waals surface area contributed by atoms with Gasteiger partial charge >= 0.3 is 6.18 Å². The summed E-state index contributed by atoms with van der Waals surface area (Å²) in [5.74, 6) is 0.400. The van der Waals surface area contributed by atoms with Gasteiger partial charge in [0.05, 0.1) is 5.56 Å². The number of benzene rings is 1. The molecule has 0 atom stereocenters. The third-order valence-corrected chi connectivity index (χ3v) is 3.37. The van der Waals surface area contributed by atoms with E-state index in [1.165, 1.54) is 13.0 Å². The molecule has 1 fully saturated rings. The molecule has 1 saturated heterocycles. The molecule has 0 amide bonds. The van der Waals surface area contributed by atoms with Crippen molar-refractivity contribution >= 4 is 12.4 Å². The molecule has 0 bridgehead atoms. The van der Waals surface area contributed by atoms with Crippen LogP contribution in [0.15, 0.2) is 18.2 Å². The highest BCUT2D eigenvalue weighted by atomic mass is 35.5. The Morgan fingerprint density at radius 2 is 1.78 bits per heavy atom. The van der Waals surface area contributed by atoms with Gasteiger partial charge in [-0.25, -0.2) is 0 Å². The topological polar surface area (TPSA) is 12.0 Å². The van der Waals surface area contributed by atoms with E-state index in [9.17, 15) is 13.2 Å². The van der Waals surface area contributed by atoms with E-state index in [-0.39, 0.29) is 12.4 Å². The van der Waals surface area contributed by atoms with E-state index in [4.69, 9.17) is 0 Å². The van der Waals surface area contributed by atoms with Gasteiger partial charge < -0.3 is 5.32 Å². The molecule has 0 aromatic heterocycles. The standard InChI is InChI=1S/C13H16F3N.ClH/c1-9-8-11(10-4-6-17-7-5-10)2-3-12(9)13(14,15)16;/h2-3,8,10,17H,4-7H2,1H3;1H. The lowest BCUT2D eigenvalue weighted by molar-refractivity contribution is -0.138. The van der Waals surface area contributed by atoms with Gasteiger partial charge in [0.15, 0.2) is 0 Å².